The molecule has 0 fully saturated rings. The van der Waals surface area contributed by atoms with Gasteiger partial charge < -0.3 is 19.4 Å². The van der Waals surface area contributed by atoms with E-state index >= 15 is 0 Å². The fourth-order valence-corrected chi connectivity index (χ4v) is 5.17. The first-order chi connectivity index (χ1) is 15.8. The lowest BCUT2D eigenvalue weighted by atomic mass is 10.2. The molecule has 0 atom stereocenters. The molecular weight excluding hydrogens is 464 g/mol. The van der Waals surface area contributed by atoms with Gasteiger partial charge in [0.15, 0.2) is 15.0 Å². The number of rotatable bonds is 10. The maximum absolute atomic E-state index is 12.8. The molecule has 0 saturated carbocycles. The van der Waals surface area contributed by atoms with Gasteiger partial charge in [0.25, 0.3) is 0 Å². The van der Waals surface area contributed by atoms with Crippen LogP contribution in [0.15, 0.2) is 52.5 Å². The van der Waals surface area contributed by atoms with Gasteiger partial charge in [-0.25, -0.2) is 8.42 Å². The van der Waals surface area contributed by atoms with Crippen molar-refractivity contribution in [2.24, 2.45) is 0 Å². The first-order valence-electron chi connectivity index (χ1n) is 10.1. The summed E-state index contributed by atoms with van der Waals surface area (Å²) in [5.74, 6) is 0.938. The normalized spacial score (nSPS) is 11.3. The molecule has 0 bridgehead atoms. The molecule has 1 aromatic heterocycles. The Kier molecular flexibility index (Phi) is 7.98. The van der Waals surface area contributed by atoms with Gasteiger partial charge >= 0.3 is 0 Å². The molecule has 176 valence electrons. The summed E-state index contributed by atoms with van der Waals surface area (Å²) in [5, 5.41) is 11.4. The molecule has 3 aromatic rings. The second-order valence-corrected chi connectivity index (χ2v) is 10.1. The molecule has 0 radical (unpaired) electrons. The third-order valence-corrected chi connectivity index (χ3v) is 7.42. The number of aryl methyl sites for hydroxylation is 1. The molecule has 0 aliphatic rings. The Balaban J connectivity index is 1.69. The van der Waals surface area contributed by atoms with Crippen LogP contribution in [-0.2, 0) is 26.9 Å². The lowest BCUT2D eigenvalue weighted by Gasteiger charge is -2.12. The van der Waals surface area contributed by atoms with Gasteiger partial charge in [-0.05, 0) is 38.1 Å². The van der Waals surface area contributed by atoms with E-state index in [1.54, 1.807) is 47.0 Å². The minimum atomic E-state index is -3.57. The summed E-state index contributed by atoms with van der Waals surface area (Å²) < 4.78 is 37.8. The summed E-state index contributed by atoms with van der Waals surface area (Å²) in [5.41, 5.74) is 1.47. The number of nitrogens with zero attached hydrogens (tertiary/aromatic N) is 3. The highest BCUT2D eigenvalue weighted by Crippen LogP contribution is 2.29. The highest BCUT2D eigenvalue weighted by atomic mass is 32.2. The van der Waals surface area contributed by atoms with E-state index in [4.69, 9.17) is 9.47 Å². The van der Waals surface area contributed by atoms with E-state index in [9.17, 15) is 13.2 Å². The fourth-order valence-electron chi connectivity index (χ4n) is 3.08. The zero-order valence-corrected chi connectivity index (χ0v) is 20.5. The molecule has 0 spiro atoms. The number of amides is 1. The molecule has 1 N–H and O–H groups in total. The maximum atomic E-state index is 12.8. The Morgan fingerprint density at radius 1 is 1.09 bits per heavy atom. The lowest BCUT2D eigenvalue weighted by molar-refractivity contribution is -0.113. The van der Waals surface area contributed by atoms with E-state index in [-0.39, 0.29) is 22.3 Å². The number of nitrogens with one attached hydrogen (secondary N) is 1. The van der Waals surface area contributed by atoms with Crippen LogP contribution in [0, 0.1) is 6.92 Å². The minimum Gasteiger partial charge on any atom is -0.497 e. The van der Waals surface area contributed by atoms with Crippen molar-refractivity contribution >= 4 is 33.2 Å². The summed E-state index contributed by atoms with van der Waals surface area (Å²) >= 11 is 1.18. The van der Waals surface area contributed by atoms with Gasteiger partial charge in [-0.2, -0.15) is 0 Å². The summed E-state index contributed by atoms with van der Waals surface area (Å²) in [7, 11) is -0.518. The number of aromatic nitrogens is 3. The van der Waals surface area contributed by atoms with Crippen LogP contribution in [0.4, 0.5) is 5.69 Å². The van der Waals surface area contributed by atoms with Crippen LogP contribution < -0.4 is 14.8 Å². The van der Waals surface area contributed by atoms with E-state index in [0.29, 0.717) is 34.7 Å². The molecule has 0 saturated heterocycles. The fraction of sp³-hybridized carbons (Fsp3) is 0.318. The van der Waals surface area contributed by atoms with Crippen molar-refractivity contribution in [3.05, 3.63) is 53.9 Å². The van der Waals surface area contributed by atoms with Crippen LogP contribution in [0.1, 0.15) is 18.3 Å². The van der Waals surface area contributed by atoms with Crippen molar-refractivity contribution in [3.8, 4) is 11.5 Å². The van der Waals surface area contributed by atoms with Gasteiger partial charge in [-0.1, -0.05) is 29.5 Å². The Labute approximate surface area is 197 Å². The van der Waals surface area contributed by atoms with Gasteiger partial charge in [0, 0.05) is 12.6 Å². The number of anilines is 1. The molecule has 0 aliphatic heterocycles. The Morgan fingerprint density at radius 2 is 1.82 bits per heavy atom. The molecule has 11 heteroatoms. The van der Waals surface area contributed by atoms with Crippen molar-refractivity contribution in [1.29, 1.82) is 0 Å². The van der Waals surface area contributed by atoms with Crippen LogP contribution in [-0.4, -0.2) is 49.1 Å². The van der Waals surface area contributed by atoms with Crippen molar-refractivity contribution in [2.45, 2.75) is 36.2 Å². The van der Waals surface area contributed by atoms with Gasteiger partial charge in [-0.3, -0.25) is 4.79 Å². The summed E-state index contributed by atoms with van der Waals surface area (Å²) in [4.78, 5) is 12.8. The number of methoxy groups -OCH3 is 2. The van der Waals surface area contributed by atoms with Crippen molar-refractivity contribution in [1.82, 2.24) is 14.8 Å². The van der Waals surface area contributed by atoms with Crippen LogP contribution in [0.3, 0.4) is 0 Å². The van der Waals surface area contributed by atoms with Gasteiger partial charge in [0.1, 0.15) is 23.1 Å². The van der Waals surface area contributed by atoms with Crippen LogP contribution in [0.25, 0.3) is 0 Å². The zero-order chi connectivity index (χ0) is 24.0. The Bertz CT molecular complexity index is 1220. The highest BCUT2D eigenvalue weighted by Gasteiger charge is 2.21. The minimum absolute atomic E-state index is 0.0587. The number of sulfone groups is 1. The molecule has 0 unspecified atom stereocenters. The van der Waals surface area contributed by atoms with E-state index in [0.717, 1.165) is 5.56 Å². The van der Waals surface area contributed by atoms with Crippen LogP contribution in [0.2, 0.25) is 0 Å². The molecule has 3 rings (SSSR count). The average molecular weight is 491 g/mol. The average Bonchev–Trinajstić information content (AvgIpc) is 3.18. The second kappa shape index (κ2) is 10.7. The summed E-state index contributed by atoms with van der Waals surface area (Å²) in [6.45, 7) is 4.24. The van der Waals surface area contributed by atoms with E-state index in [1.807, 2.05) is 13.8 Å². The Morgan fingerprint density at radius 3 is 2.45 bits per heavy atom. The first kappa shape index (κ1) is 24.6. The predicted octanol–water partition coefficient (Wildman–Crippen LogP) is 3.33. The van der Waals surface area contributed by atoms with E-state index in [1.165, 1.54) is 26.0 Å². The van der Waals surface area contributed by atoms with Crippen molar-refractivity contribution in [3.63, 3.8) is 0 Å². The summed E-state index contributed by atoms with van der Waals surface area (Å²) in [6.07, 6.45) is 0. The maximum Gasteiger partial charge on any atom is 0.234 e. The molecule has 33 heavy (non-hydrogen) atoms. The van der Waals surface area contributed by atoms with Gasteiger partial charge in [0.2, 0.25) is 5.91 Å². The third-order valence-electron chi connectivity index (χ3n) is 4.82. The molecule has 9 nitrogen and oxygen atoms in total. The SMILES string of the molecule is CCn1c(CS(=O)(=O)c2ccc(C)cc2)nnc1SCC(=O)Nc1cc(OC)ccc1OC. The summed E-state index contributed by atoms with van der Waals surface area (Å²) in [6, 6.07) is 11.8. The number of ether oxygens (including phenoxy) is 2. The van der Waals surface area contributed by atoms with Crippen LogP contribution >= 0.6 is 11.8 Å². The van der Waals surface area contributed by atoms with Gasteiger partial charge in [-0.15, -0.1) is 10.2 Å². The molecule has 1 heterocycles. The van der Waals surface area contributed by atoms with Gasteiger partial charge in [0.05, 0.1) is 30.6 Å². The zero-order valence-electron chi connectivity index (χ0n) is 18.9. The number of hydrogen-bond acceptors (Lipinski definition) is 8. The Hall–Kier alpha value is -3.05. The lowest BCUT2D eigenvalue weighted by Crippen LogP contribution is -2.16. The van der Waals surface area contributed by atoms with Crippen molar-refractivity contribution < 1.29 is 22.7 Å². The monoisotopic (exact) mass is 490 g/mol. The number of thioether (sulfide) groups is 1. The van der Waals surface area contributed by atoms with E-state index in [2.05, 4.69) is 15.5 Å². The van der Waals surface area contributed by atoms with E-state index < -0.39 is 9.84 Å². The predicted molar refractivity (Wildman–Crippen MR) is 127 cm³/mol. The second-order valence-electron chi connectivity index (χ2n) is 7.12. The number of carbonyl (C=O) groups is 1. The quantitative estimate of drug-likeness (QED) is 0.431. The van der Waals surface area contributed by atoms with Crippen LogP contribution in [0.5, 0.6) is 11.5 Å². The number of carbonyl (C=O) groups excluding carboxylic acids is 1. The molecular formula is C22H26N4O5S2. The largest absolute Gasteiger partial charge is 0.497 e. The molecule has 0 aliphatic carbocycles. The number of benzene rings is 2. The molecule has 2 aromatic carbocycles. The third kappa shape index (κ3) is 6.05. The smallest absolute Gasteiger partial charge is 0.234 e. The first-order valence-corrected chi connectivity index (χ1v) is 12.8. The highest BCUT2D eigenvalue weighted by molar-refractivity contribution is 7.99. The van der Waals surface area contributed by atoms with Crippen molar-refractivity contribution in [2.75, 3.05) is 25.3 Å². The standard InChI is InChI=1S/C22H26N4O5S2/c1-5-26-20(14-33(28,29)17-9-6-15(2)7-10-17)24-25-22(26)32-13-21(27)23-18-12-16(30-3)8-11-19(18)31-4/h6-12H,5,13-14H2,1-4H3,(H,23,27). The number of hydrogen-bond donors (Lipinski definition) is 1. The topological polar surface area (TPSA) is 112 Å². The molecule has 1 amide bonds.